The van der Waals surface area contributed by atoms with Gasteiger partial charge in [0.15, 0.2) is 11.5 Å². The number of methoxy groups -OCH3 is 1. The van der Waals surface area contributed by atoms with E-state index in [1.165, 1.54) is 25.7 Å². The lowest BCUT2D eigenvalue weighted by Crippen LogP contribution is -2.33. The summed E-state index contributed by atoms with van der Waals surface area (Å²) >= 11 is 0. The smallest absolute Gasteiger partial charge is 0.407 e. The van der Waals surface area contributed by atoms with E-state index in [0.717, 1.165) is 30.1 Å². The third-order valence-electron chi connectivity index (χ3n) is 4.43. The largest absolute Gasteiger partial charge is 0.493 e. The molecule has 1 aliphatic carbocycles. The molecule has 1 aromatic carbocycles. The highest BCUT2D eigenvalue weighted by Gasteiger charge is 2.23. The monoisotopic (exact) mass is 305 g/mol. The summed E-state index contributed by atoms with van der Waals surface area (Å²) in [5, 5.41) is 2.66. The van der Waals surface area contributed by atoms with E-state index < -0.39 is 0 Å². The Bertz CT molecular complexity index is 525. The van der Waals surface area contributed by atoms with E-state index in [1.807, 2.05) is 18.2 Å². The fraction of sp³-hybridized carbons (Fsp3) is 0.588. The molecule has 2 aliphatic rings. The van der Waals surface area contributed by atoms with Gasteiger partial charge in [-0.25, -0.2) is 4.79 Å². The summed E-state index contributed by atoms with van der Waals surface area (Å²) in [6, 6.07) is 5.76. The molecule has 2 fully saturated rings. The second-order valence-corrected chi connectivity index (χ2v) is 5.98. The summed E-state index contributed by atoms with van der Waals surface area (Å²) in [5.41, 5.74) is 0.956. The van der Waals surface area contributed by atoms with Gasteiger partial charge in [-0.1, -0.05) is 18.9 Å². The first-order valence-electron chi connectivity index (χ1n) is 8.01. The van der Waals surface area contributed by atoms with E-state index >= 15 is 0 Å². The number of benzene rings is 1. The van der Waals surface area contributed by atoms with Crippen LogP contribution in [0.4, 0.5) is 4.79 Å². The molecule has 0 radical (unpaired) electrons. The third kappa shape index (κ3) is 3.46. The highest BCUT2D eigenvalue weighted by molar-refractivity contribution is 5.68. The van der Waals surface area contributed by atoms with Crippen LogP contribution in [0.1, 0.15) is 43.8 Å². The van der Waals surface area contributed by atoms with Gasteiger partial charge in [-0.15, -0.1) is 0 Å². The van der Waals surface area contributed by atoms with E-state index in [4.69, 9.17) is 14.2 Å². The van der Waals surface area contributed by atoms with Crippen LogP contribution >= 0.6 is 0 Å². The number of amides is 1. The molecule has 1 unspecified atom stereocenters. The first-order chi connectivity index (χ1) is 10.8. The zero-order valence-corrected chi connectivity index (χ0v) is 13.0. The van der Waals surface area contributed by atoms with Crippen molar-refractivity contribution in [1.29, 1.82) is 0 Å². The minimum atomic E-state index is -0.361. The first-order valence-corrected chi connectivity index (χ1v) is 8.01. The Hall–Kier alpha value is -1.91. The molecule has 0 bridgehead atoms. The number of hydrogen-bond acceptors (Lipinski definition) is 4. The minimum absolute atomic E-state index is 0.214. The standard InChI is InChI=1S/C17H23NO4/c1-20-15-7-6-13(14-8-9-18-17(19)22-14)10-16(15)21-11-12-4-2-3-5-12/h6-7,10,12,14H,2-5,8-9,11H2,1H3,(H,18,19). The maximum atomic E-state index is 11.4. The molecule has 5 nitrogen and oxygen atoms in total. The van der Waals surface area contributed by atoms with Crippen LogP contribution in [0.2, 0.25) is 0 Å². The number of alkyl carbamates (subject to hydrolysis) is 1. The average molecular weight is 305 g/mol. The maximum Gasteiger partial charge on any atom is 0.407 e. The molecule has 3 rings (SSSR count). The molecule has 5 heteroatoms. The molecular formula is C17H23NO4. The van der Waals surface area contributed by atoms with Gasteiger partial charge < -0.3 is 19.5 Å². The lowest BCUT2D eigenvalue weighted by molar-refractivity contribution is 0.0736. The van der Waals surface area contributed by atoms with Crippen LogP contribution < -0.4 is 14.8 Å². The normalized spacial score (nSPS) is 22.0. The van der Waals surface area contributed by atoms with Gasteiger partial charge in [-0.3, -0.25) is 0 Å². The van der Waals surface area contributed by atoms with Gasteiger partial charge >= 0.3 is 6.09 Å². The van der Waals surface area contributed by atoms with Crippen LogP contribution in [0.25, 0.3) is 0 Å². The molecule has 1 saturated heterocycles. The minimum Gasteiger partial charge on any atom is -0.493 e. The molecule has 1 aromatic rings. The molecule has 1 aliphatic heterocycles. The third-order valence-corrected chi connectivity index (χ3v) is 4.43. The second kappa shape index (κ2) is 6.90. The molecular weight excluding hydrogens is 282 g/mol. The average Bonchev–Trinajstić information content (AvgIpc) is 3.06. The number of nitrogens with one attached hydrogen (secondary N) is 1. The predicted octanol–water partition coefficient (Wildman–Crippen LogP) is 3.44. The lowest BCUT2D eigenvalue weighted by atomic mass is 10.0. The lowest BCUT2D eigenvalue weighted by Gasteiger charge is -2.24. The summed E-state index contributed by atoms with van der Waals surface area (Å²) in [6.45, 7) is 1.36. The highest BCUT2D eigenvalue weighted by Crippen LogP contribution is 2.34. The molecule has 22 heavy (non-hydrogen) atoms. The molecule has 1 N–H and O–H groups in total. The Morgan fingerprint density at radius 3 is 2.77 bits per heavy atom. The van der Waals surface area contributed by atoms with Gasteiger partial charge in [0.05, 0.1) is 13.7 Å². The van der Waals surface area contributed by atoms with Crippen molar-refractivity contribution in [3.05, 3.63) is 23.8 Å². The van der Waals surface area contributed by atoms with E-state index in [2.05, 4.69) is 5.32 Å². The summed E-state index contributed by atoms with van der Waals surface area (Å²) in [4.78, 5) is 11.4. The maximum absolute atomic E-state index is 11.4. The number of carbonyl (C=O) groups excluding carboxylic acids is 1. The summed E-state index contributed by atoms with van der Waals surface area (Å²) in [6.07, 6.45) is 5.28. The highest BCUT2D eigenvalue weighted by atomic mass is 16.6. The van der Waals surface area contributed by atoms with Crippen molar-refractivity contribution in [1.82, 2.24) is 5.32 Å². The molecule has 0 aromatic heterocycles. The van der Waals surface area contributed by atoms with Gasteiger partial charge in [0.25, 0.3) is 0 Å². The number of rotatable bonds is 5. The van der Waals surface area contributed by atoms with E-state index in [1.54, 1.807) is 7.11 Å². The molecule has 1 saturated carbocycles. The van der Waals surface area contributed by atoms with Crippen molar-refractivity contribution in [3.8, 4) is 11.5 Å². The Morgan fingerprint density at radius 1 is 1.23 bits per heavy atom. The topological polar surface area (TPSA) is 56.8 Å². The fourth-order valence-corrected chi connectivity index (χ4v) is 3.16. The van der Waals surface area contributed by atoms with Gasteiger partial charge in [0, 0.05) is 13.0 Å². The zero-order valence-electron chi connectivity index (χ0n) is 13.0. The summed E-state index contributed by atoms with van der Waals surface area (Å²) < 4.78 is 16.7. The Labute approximate surface area is 130 Å². The summed E-state index contributed by atoms with van der Waals surface area (Å²) in [7, 11) is 1.64. The molecule has 1 atom stereocenters. The van der Waals surface area contributed by atoms with Gasteiger partial charge in [0.1, 0.15) is 6.10 Å². The van der Waals surface area contributed by atoms with Crippen LogP contribution in [-0.4, -0.2) is 26.4 Å². The number of cyclic esters (lactones) is 1. The predicted molar refractivity (Wildman–Crippen MR) is 82.3 cm³/mol. The van der Waals surface area contributed by atoms with E-state index in [0.29, 0.717) is 12.5 Å². The van der Waals surface area contributed by atoms with Crippen LogP contribution in [0.3, 0.4) is 0 Å². The molecule has 1 heterocycles. The van der Waals surface area contributed by atoms with Crippen molar-refractivity contribution in [2.24, 2.45) is 5.92 Å². The quantitative estimate of drug-likeness (QED) is 0.905. The Morgan fingerprint density at radius 2 is 2.05 bits per heavy atom. The van der Waals surface area contributed by atoms with Crippen LogP contribution in [0.15, 0.2) is 18.2 Å². The fourth-order valence-electron chi connectivity index (χ4n) is 3.16. The van der Waals surface area contributed by atoms with Crippen molar-refractivity contribution in [2.45, 2.75) is 38.2 Å². The molecule has 120 valence electrons. The van der Waals surface area contributed by atoms with E-state index in [9.17, 15) is 4.79 Å². The second-order valence-electron chi connectivity index (χ2n) is 5.98. The van der Waals surface area contributed by atoms with Crippen LogP contribution in [0.5, 0.6) is 11.5 Å². The first kappa shape index (κ1) is 15.0. The summed E-state index contributed by atoms with van der Waals surface area (Å²) in [5.74, 6) is 2.11. The Kier molecular flexibility index (Phi) is 4.71. The van der Waals surface area contributed by atoms with Crippen LogP contribution in [-0.2, 0) is 4.74 Å². The number of carbonyl (C=O) groups is 1. The molecule has 0 spiro atoms. The van der Waals surface area contributed by atoms with Gasteiger partial charge in [-0.2, -0.15) is 0 Å². The SMILES string of the molecule is COc1ccc(C2CCNC(=O)O2)cc1OCC1CCCC1. The van der Waals surface area contributed by atoms with Gasteiger partial charge in [-0.05, 0) is 36.5 Å². The number of hydrogen-bond donors (Lipinski definition) is 1. The van der Waals surface area contributed by atoms with Gasteiger partial charge in [0.2, 0.25) is 0 Å². The van der Waals surface area contributed by atoms with Crippen molar-refractivity contribution in [3.63, 3.8) is 0 Å². The van der Waals surface area contributed by atoms with E-state index in [-0.39, 0.29) is 12.2 Å². The van der Waals surface area contributed by atoms with Crippen molar-refractivity contribution < 1.29 is 19.0 Å². The number of ether oxygens (including phenoxy) is 3. The zero-order chi connectivity index (χ0) is 15.4. The Balaban J connectivity index is 1.71. The van der Waals surface area contributed by atoms with Crippen LogP contribution in [0, 0.1) is 5.92 Å². The molecule has 1 amide bonds. The van der Waals surface area contributed by atoms with Crippen molar-refractivity contribution in [2.75, 3.05) is 20.3 Å². The van der Waals surface area contributed by atoms with Crippen molar-refractivity contribution >= 4 is 6.09 Å².